The van der Waals surface area contributed by atoms with Gasteiger partial charge in [0, 0.05) is 12.1 Å². The van der Waals surface area contributed by atoms with Gasteiger partial charge in [-0.15, -0.1) is 0 Å². The highest BCUT2D eigenvalue weighted by atomic mass is 16.3. The van der Waals surface area contributed by atoms with Gasteiger partial charge in [0.2, 0.25) is 0 Å². The van der Waals surface area contributed by atoms with E-state index in [1.807, 2.05) is 6.20 Å². The molecule has 1 aromatic heterocycles. The van der Waals surface area contributed by atoms with Gasteiger partial charge in [-0.2, -0.15) is 5.10 Å². The van der Waals surface area contributed by atoms with Crippen molar-refractivity contribution in [3.63, 3.8) is 0 Å². The van der Waals surface area contributed by atoms with Gasteiger partial charge in [0.05, 0.1) is 12.3 Å². The summed E-state index contributed by atoms with van der Waals surface area (Å²) in [5.74, 6) is 0. The summed E-state index contributed by atoms with van der Waals surface area (Å²) in [6.07, 6.45) is 4.28. The molecule has 1 atom stereocenters. The summed E-state index contributed by atoms with van der Waals surface area (Å²) < 4.78 is 0. The fraction of sp³-hybridized carbons (Fsp3) is 0.571. The van der Waals surface area contributed by atoms with Crippen LogP contribution < -0.4 is 0 Å². The third kappa shape index (κ3) is 0.827. The van der Waals surface area contributed by atoms with Gasteiger partial charge in [0.25, 0.3) is 0 Å². The number of nitrogens with one attached hydrogen (secondary N) is 1. The van der Waals surface area contributed by atoms with E-state index in [4.69, 9.17) is 0 Å². The van der Waals surface area contributed by atoms with Crippen molar-refractivity contribution in [1.82, 2.24) is 10.2 Å². The Balaban J connectivity index is 2.30. The largest absolute Gasteiger partial charge is 0.393 e. The molecule has 54 valence electrons. The first kappa shape index (κ1) is 5.92. The standard InChI is InChI=1S/C7H10N2O/c10-6-2-1-5-4-8-9-7(5)3-6/h4,6,10H,1-3H2,(H,8,9). The van der Waals surface area contributed by atoms with E-state index in [1.165, 1.54) is 5.56 Å². The molecule has 1 heterocycles. The summed E-state index contributed by atoms with van der Waals surface area (Å²) in [5.41, 5.74) is 2.38. The predicted molar refractivity (Wildman–Crippen MR) is 36.6 cm³/mol. The summed E-state index contributed by atoms with van der Waals surface area (Å²) in [5, 5.41) is 16.0. The van der Waals surface area contributed by atoms with Gasteiger partial charge >= 0.3 is 0 Å². The molecule has 0 radical (unpaired) electrons. The van der Waals surface area contributed by atoms with Gasteiger partial charge < -0.3 is 5.11 Å². The Bertz CT molecular complexity index is 231. The van der Waals surface area contributed by atoms with Gasteiger partial charge in [-0.3, -0.25) is 5.10 Å². The van der Waals surface area contributed by atoms with E-state index in [-0.39, 0.29) is 6.10 Å². The quantitative estimate of drug-likeness (QED) is 0.540. The Morgan fingerprint density at radius 3 is 3.50 bits per heavy atom. The third-order valence-electron chi connectivity index (χ3n) is 1.99. The number of fused-ring (bicyclic) bond motifs is 1. The van der Waals surface area contributed by atoms with Crippen LogP contribution >= 0.6 is 0 Å². The van der Waals surface area contributed by atoms with Crippen molar-refractivity contribution >= 4 is 0 Å². The van der Waals surface area contributed by atoms with Crippen molar-refractivity contribution in [1.29, 1.82) is 0 Å². The Hall–Kier alpha value is -0.830. The van der Waals surface area contributed by atoms with E-state index in [0.29, 0.717) is 0 Å². The molecule has 3 nitrogen and oxygen atoms in total. The smallest absolute Gasteiger partial charge is 0.0598 e. The number of hydrogen-bond donors (Lipinski definition) is 2. The Labute approximate surface area is 59.1 Å². The molecule has 1 unspecified atom stereocenters. The highest BCUT2D eigenvalue weighted by molar-refractivity contribution is 5.19. The molecule has 1 aliphatic carbocycles. The van der Waals surface area contributed by atoms with Gasteiger partial charge in [0.15, 0.2) is 0 Å². The minimum atomic E-state index is -0.159. The van der Waals surface area contributed by atoms with Crippen molar-refractivity contribution in [3.8, 4) is 0 Å². The maximum atomic E-state index is 9.23. The van der Waals surface area contributed by atoms with E-state index in [9.17, 15) is 5.11 Å². The van der Waals surface area contributed by atoms with E-state index >= 15 is 0 Å². The van der Waals surface area contributed by atoms with Gasteiger partial charge in [0.1, 0.15) is 0 Å². The lowest BCUT2D eigenvalue weighted by atomic mass is 9.96. The zero-order chi connectivity index (χ0) is 6.97. The molecule has 0 spiro atoms. The Morgan fingerprint density at radius 2 is 2.60 bits per heavy atom. The molecule has 10 heavy (non-hydrogen) atoms. The summed E-state index contributed by atoms with van der Waals surface area (Å²) in [7, 11) is 0. The Morgan fingerprint density at radius 1 is 1.70 bits per heavy atom. The molecule has 0 bridgehead atoms. The summed E-state index contributed by atoms with van der Waals surface area (Å²) in [6.45, 7) is 0. The molecular weight excluding hydrogens is 128 g/mol. The molecule has 3 heteroatoms. The average molecular weight is 138 g/mol. The van der Waals surface area contributed by atoms with Gasteiger partial charge in [-0.25, -0.2) is 0 Å². The molecule has 0 fully saturated rings. The lowest BCUT2D eigenvalue weighted by molar-refractivity contribution is 0.157. The van der Waals surface area contributed by atoms with Crippen LogP contribution in [0.25, 0.3) is 0 Å². The van der Waals surface area contributed by atoms with Gasteiger partial charge in [-0.1, -0.05) is 0 Å². The van der Waals surface area contributed by atoms with Crippen LogP contribution in [0.1, 0.15) is 17.7 Å². The molecule has 1 aromatic rings. The molecule has 1 aliphatic rings. The zero-order valence-electron chi connectivity index (χ0n) is 5.67. The van der Waals surface area contributed by atoms with Crippen molar-refractivity contribution in [3.05, 3.63) is 17.5 Å². The lowest BCUT2D eigenvalue weighted by Crippen LogP contribution is -2.17. The SMILES string of the molecule is OC1CCc2cn[nH]c2C1. The number of aliphatic hydroxyl groups excluding tert-OH is 1. The fourth-order valence-corrected chi connectivity index (χ4v) is 1.39. The number of aliphatic hydroxyl groups is 1. The second-order valence-corrected chi connectivity index (χ2v) is 2.77. The van der Waals surface area contributed by atoms with E-state index < -0.39 is 0 Å². The number of aromatic amines is 1. The lowest BCUT2D eigenvalue weighted by Gasteiger charge is -2.15. The van der Waals surface area contributed by atoms with Crippen molar-refractivity contribution in [2.75, 3.05) is 0 Å². The second-order valence-electron chi connectivity index (χ2n) is 2.77. The second kappa shape index (κ2) is 2.09. The number of H-pyrrole nitrogens is 1. The Kier molecular flexibility index (Phi) is 1.24. The summed E-state index contributed by atoms with van der Waals surface area (Å²) in [6, 6.07) is 0. The van der Waals surface area contributed by atoms with E-state index in [2.05, 4.69) is 10.2 Å². The first-order valence-electron chi connectivity index (χ1n) is 3.55. The predicted octanol–water partition coefficient (Wildman–Crippen LogP) is 0.259. The normalized spacial score (nSPS) is 24.3. The third-order valence-corrected chi connectivity index (χ3v) is 1.99. The molecule has 0 saturated carbocycles. The molecule has 0 aliphatic heterocycles. The van der Waals surface area contributed by atoms with Crippen LogP contribution in [0.5, 0.6) is 0 Å². The molecular formula is C7H10N2O. The van der Waals surface area contributed by atoms with E-state index in [0.717, 1.165) is 25.0 Å². The van der Waals surface area contributed by atoms with Gasteiger partial charge in [-0.05, 0) is 18.4 Å². The molecule has 2 N–H and O–H groups in total. The monoisotopic (exact) mass is 138 g/mol. The number of hydrogen-bond acceptors (Lipinski definition) is 2. The summed E-state index contributed by atoms with van der Waals surface area (Å²) >= 11 is 0. The van der Waals surface area contributed by atoms with Crippen LogP contribution in [0.15, 0.2) is 6.20 Å². The van der Waals surface area contributed by atoms with Crippen molar-refractivity contribution in [2.24, 2.45) is 0 Å². The highest BCUT2D eigenvalue weighted by Crippen LogP contribution is 2.17. The van der Waals surface area contributed by atoms with Crippen LogP contribution in [-0.4, -0.2) is 21.4 Å². The fourth-order valence-electron chi connectivity index (χ4n) is 1.39. The minimum Gasteiger partial charge on any atom is -0.393 e. The molecule has 2 rings (SSSR count). The topological polar surface area (TPSA) is 48.9 Å². The average Bonchev–Trinajstić information content (AvgIpc) is 2.33. The highest BCUT2D eigenvalue weighted by Gasteiger charge is 2.16. The first-order chi connectivity index (χ1) is 4.86. The number of aryl methyl sites for hydroxylation is 1. The molecule has 0 amide bonds. The van der Waals surface area contributed by atoms with Crippen molar-refractivity contribution < 1.29 is 5.11 Å². The van der Waals surface area contributed by atoms with Crippen LogP contribution in [0.3, 0.4) is 0 Å². The summed E-state index contributed by atoms with van der Waals surface area (Å²) in [4.78, 5) is 0. The maximum absolute atomic E-state index is 9.23. The first-order valence-corrected chi connectivity index (χ1v) is 3.55. The van der Waals surface area contributed by atoms with Crippen LogP contribution in [-0.2, 0) is 12.8 Å². The number of rotatable bonds is 0. The van der Waals surface area contributed by atoms with Crippen molar-refractivity contribution in [2.45, 2.75) is 25.4 Å². The number of aromatic nitrogens is 2. The van der Waals surface area contributed by atoms with Crippen LogP contribution in [0.2, 0.25) is 0 Å². The zero-order valence-corrected chi connectivity index (χ0v) is 5.67. The minimum absolute atomic E-state index is 0.159. The van der Waals surface area contributed by atoms with E-state index in [1.54, 1.807) is 0 Å². The molecule has 0 aromatic carbocycles. The maximum Gasteiger partial charge on any atom is 0.0598 e. The van der Waals surface area contributed by atoms with Crippen LogP contribution in [0.4, 0.5) is 0 Å². The van der Waals surface area contributed by atoms with Crippen LogP contribution in [0, 0.1) is 0 Å². The number of nitrogens with zero attached hydrogens (tertiary/aromatic N) is 1. The molecule has 0 saturated heterocycles.